The SMILES string of the molecule is CC(C)C1CCC(NC(=O)C2(N)CCCC2)CC1.Cl. The van der Waals surface area contributed by atoms with E-state index in [2.05, 4.69) is 19.2 Å². The molecule has 2 fully saturated rings. The van der Waals surface area contributed by atoms with Crippen molar-refractivity contribution < 1.29 is 4.79 Å². The van der Waals surface area contributed by atoms with Crippen molar-refractivity contribution >= 4 is 18.3 Å². The predicted octanol–water partition coefficient (Wildman–Crippen LogP) is 3.01. The molecule has 0 aromatic heterocycles. The Kier molecular flexibility index (Phi) is 6.13. The van der Waals surface area contributed by atoms with Crippen LogP contribution in [0.2, 0.25) is 0 Å². The fourth-order valence-electron chi connectivity index (χ4n) is 3.49. The van der Waals surface area contributed by atoms with Gasteiger partial charge in [0.05, 0.1) is 5.54 Å². The molecule has 0 spiro atoms. The molecule has 0 aromatic rings. The van der Waals surface area contributed by atoms with Crippen molar-refractivity contribution in [1.82, 2.24) is 5.32 Å². The van der Waals surface area contributed by atoms with Crippen LogP contribution >= 0.6 is 12.4 Å². The third-order valence-electron chi connectivity index (χ3n) is 5.00. The average Bonchev–Trinajstić information content (AvgIpc) is 2.78. The number of hydrogen-bond acceptors (Lipinski definition) is 2. The molecule has 1 amide bonds. The van der Waals surface area contributed by atoms with Gasteiger partial charge >= 0.3 is 0 Å². The highest BCUT2D eigenvalue weighted by molar-refractivity contribution is 5.86. The molecule has 4 heteroatoms. The van der Waals surface area contributed by atoms with E-state index in [1.165, 1.54) is 12.8 Å². The number of nitrogens with two attached hydrogens (primary N) is 1. The van der Waals surface area contributed by atoms with Gasteiger partial charge in [-0.15, -0.1) is 12.4 Å². The van der Waals surface area contributed by atoms with Gasteiger partial charge in [0.25, 0.3) is 0 Å². The summed E-state index contributed by atoms with van der Waals surface area (Å²) in [6, 6.07) is 0.369. The molecule has 3 nitrogen and oxygen atoms in total. The Morgan fingerprint density at radius 3 is 2.16 bits per heavy atom. The van der Waals surface area contributed by atoms with Gasteiger partial charge in [0.15, 0.2) is 0 Å². The van der Waals surface area contributed by atoms with Crippen LogP contribution in [0.1, 0.15) is 65.2 Å². The maximum atomic E-state index is 12.2. The molecule has 0 saturated heterocycles. The van der Waals surface area contributed by atoms with Gasteiger partial charge in [-0.05, 0) is 50.4 Å². The van der Waals surface area contributed by atoms with Crippen molar-refractivity contribution in [2.75, 3.05) is 0 Å². The van der Waals surface area contributed by atoms with E-state index in [-0.39, 0.29) is 18.3 Å². The fourth-order valence-corrected chi connectivity index (χ4v) is 3.49. The van der Waals surface area contributed by atoms with Gasteiger partial charge < -0.3 is 11.1 Å². The second-order valence-electron chi connectivity index (χ2n) is 6.69. The zero-order valence-electron chi connectivity index (χ0n) is 12.3. The second-order valence-corrected chi connectivity index (χ2v) is 6.69. The van der Waals surface area contributed by atoms with Gasteiger partial charge in [-0.25, -0.2) is 0 Å². The third-order valence-corrected chi connectivity index (χ3v) is 5.00. The van der Waals surface area contributed by atoms with Gasteiger partial charge in [0.2, 0.25) is 5.91 Å². The Hall–Kier alpha value is -0.280. The standard InChI is InChI=1S/C15H28N2O.ClH/c1-11(2)12-5-7-13(8-6-12)17-14(18)15(16)9-3-4-10-15;/h11-13H,3-10,16H2,1-2H3,(H,17,18);1H. The Labute approximate surface area is 123 Å². The summed E-state index contributed by atoms with van der Waals surface area (Å²) in [4.78, 5) is 12.2. The van der Waals surface area contributed by atoms with E-state index >= 15 is 0 Å². The van der Waals surface area contributed by atoms with Gasteiger partial charge in [-0.1, -0.05) is 26.7 Å². The lowest BCUT2D eigenvalue weighted by atomic mass is 9.79. The maximum Gasteiger partial charge on any atom is 0.240 e. The van der Waals surface area contributed by atoms with Gasteiger partial charge in [-0.2, -0.15) is 0 Å². The first-order chi connectivity index (χ1) is 8.51. The molecule has 19 heavy (non-hydrogen) atoms. The molecule has 2 aliphatic rings. The lowest BCUT2D eigenvalue weighted by Crippen LogP contribution is -2.55. The lowest BCUT2D eigenvalue weighted by Gasteiger charge is -2.33. The van der Waals surface area contributed by atoms with Crippen molar-refractivity contribution in [3.63, 3.8) is 0 Å². The number of carbonyl (C=O) groups is 1. The third kappa shape index (κ3) is 4.09. The minimum Gasteiger partial charge on any atom is -0.352 e. The van der Waals surface area contributed by atoms with Crippen LogP contribution in [0.4, 0.5) is 0 Å². The molecule has 0 heterocycles. The van der Waals surface area contributed by atoms with E-state index in [9.17, 15) is 4.79 Å². The zero-order chi connectivity index (χ0) is 13.2. The minimum absolute atomic E-state index is 0. The molecule has 3 N–H and O–H groups in total. The molecule has 0 unspecified atom stereocenters. The number of carbonyl (C=O) groups excluding carboxylic acids is 1. The normalized spacial score (nSPS) is 29.9. The Balaban J connectivity index is 0.00000180. The molecule has 0 aromatic carbocycles. The van der Waals surface area contributed by atoms with E-state index < -0.39 is 5.54 Å². The Morgan fingerprint density at radius 1 is 1.16 bits per heavy atom. The van der Waals surface area contributed by atoms with Crippen LogP contribution in [0.5, 0.6) is 0 Å². The van der Waals surface area contributed by atoms with E-state index in [1.54, 1.807) is 0 Å². The summed E-state index contributed by atoms with van der Waals surface area (Å²) in [6.45, 7) is 4.61. The molecule has 2 aliphatic carbocycles. The topological polar surface area (TPSA) is 55.1 Å². The van der Waals surface area contributed by atoms with Crippen LogP contribution in [0, 0.1) is 11.8 Å². The quantitative estimate of drug-likeness (QED) is 0.839. The molecule has 112 valence electrons. The Bertz CT molecular complexity index is 293. The van der Waals surface area contributed by atoms with E-state index in [0.29, 0.717) is 6.04 Å². The minimum atomic E-state index is -0.561. The number of hydrogen-bond donors (Lipinski definition) is 2. The molecular formula is C15H29ClN2O. The summed E-state index contributed by atoms with van der Waals surface area (Å²) in [6.07, 6.45) is 8.68. The summed E-state index contributed by atoms with van der Waals surface area (Å²) in [5.74, 6) is 1.72. The number of amides is 1. The first kappa shape index (κ1) is 16.8. The van der Waals surface area contributed by atoms with Gasteiger partial charge in [0, 0.05) is 6.04 Å². The molecular weight excluding hydrogens is 260 g/mol. The van der Waals surface area contributed by atoms with Crippen LogP contribution in [-0.4, -0.2) is 17.5 Å². The zero-order valence-corrected chi connectivity index (χ0v) is 13.1. The van der Waals surface area contributed by atoms with Crippen LogP contribution in [0.15, 0.2) is 0 Å². The van der Waals surface area contributed by atoms with Crippen LogP contribution in [-0.2, 0) is 4.79 Å². The highest BCUT2D eigenvalue weighted by Gasteiger charge is 2.38. The van der Waals surface area contributed by atoms with Crippen LogP contribution in [0.3, 0.4) is 0 Å². The van der Waals surface area contributed by atoms with Crippen molar-refractivity contribution in [2.24, 2.45) is 17.6 Å². The molecule has 0 atom stereocenters. The smallest absolute Gasteiger partial charge is 0.240 e. The average molecular weight is 289 g/mol. The fraction of sp³-hybridized carbons (Fsp3) is 0.933. The predicted molar refractivity (Wildman–Crippen MR) is 81.4 cm³/mol. The van der Waals surface area contributed by atoms with Crippen LogP contribution < -0.4 is 11.1 Å². The Morgan fingerprint density at radius 2 is 1.68 bits per heavy atom. The first-order valence-electron chi connectivity index (χ1n) is 7.61. The first-order valence-corrected chi connectivity index (χ1v) is 7.61. The molecule has 2 saturated carbocycles. The summed E-state index contributed by atoms with van der Waals surface area (Å²) in [5, 5.41) is 3.20. The van der Waals surface area contributed by atoms with Crippen molar-refractivity contribution in [1.29, 1.82) is 0 Å². The summed E-state index contributed by atoms with van der Waals surface area (Å²) in [7, 11) is 0. The van der Waals surface area contributed by atoms with Gasteiger partial charge in [-0.3, -0.25) is 4.79 Å². The second kappa shape index (κ2) is 6.94. The van der Waals surface area contributed by atoms with Gasteiger partial charge in [0.1, 0.15) is 0 Å². The lowest BCUT2D eigenvalue weighted by molar-refractivity contribution is -0.127. The van der Waals surface area contributed by atoms with Crippen LogP contribution in [0.25, 0.3) is 0 Å². The van der Waals surface area contributed by atoms with E-state index in [4.69, 9.17) is 5.73 Å². The van der Waals surface area contributed by atoms with Crippen molar-refractivity contribution in [2.45, 2.75) is 76.8 Å². The highest BCUT2D eigenvalue weighted by atomic mass is 35.5. The highest BCUT2D eigenvalue weighted by Crippen LogP contribution is 2.31. The van der Waals surface area contributed by atoms with E-state index in [1.807, 2.05) is 0 Å². The van der Waals surface area contributed by atoms with Crippen molar-refractivity contribution in [3.8, 4) is 0 Å². The summed E-state index contributed by atoms with van der Waals surface area (Å²) in [5.41, 5.74) is 5.62. The number of rotatable bonds is 3. The summed E-state index contributed by atoms with van der Waals surface area (Å²) < 4.78 is 0. The molecule has 0 bridgehead atoms. The van der Waals surface area contributed by atoms with E-state index in [0.717, 1.165) is 50.4 Å². The van der Waals surface area contributed by atoms with Crippen molar-refractivity contribution in [3.05, 3.63) is 0 Å². The molecule has 2 rings (SSSR count). The number of halogens is 1. The molecule has 0 aliphatic heterocycles. The largest absolute Gasteiger partial charge is 0.352 e. The monoisotopic (exact) mass is 288 g/mol. The molecule has 0 radical (unpaired) electrons. The summed E-state index contributed by atoms with van der Waals surface area (Å²) >= 11 is 0. The number of nitrogens with one attached hydrogen (secondary N) is 1. The maximum absolute atomic E-state index is 12.2.